The minimum absolute atomic E-state index is 0.0430. The van der Waals surface area contributed by atoms with Gasteiger partial charge in [-0.2, -0.15) is 0 Å². The van der Waals surface area contributed by atoms with Crippen LogP contribution in [0.3, 0.4) is 0 Å². The molecule has 8 heteroatoms. The highest BCUT2D eigenvalue weighted by Crippen LogP contribution is 2.21. The Labute approximate surface area is 124 Å². The summed E-state index contributed by atoms with van der Waals surface area (Å²) < 4.78 is 1.76. The van der Waals surface area contributed by atoms with Crippen molar-refractivity contribution in [1.29, 1.82) is 0 Å². The monoisotopic (exact) mass is 304 g/mol. The summed E-state index contributed by atoms with van der Waals surface area (Å²) in [5.74, 6) is 0.741. The van der Waals surface area contributed by atoms with Gasteiger partial charge in [0.1, 0.15) is 6.54 Å². The van der Waals surface area contributed by atoms with E-state index in [1.54, 1.807) is 22.9 Å². The average molecular weight is 304 g/mol. The molecule has 1 aliphatic heterocycles. The second-order valence-electron chi connectivity index (χ2n) is 4.53. The summed E-state index contributed by atoms with van der Waals surface area (Å²) >= 11 is 1.53. The van der Waals surface area contributed by atoms with Gasteiger partial charge in [-0.3, -0.25) is 19.9 Å². The second-order valence-corrected chi connectivity index (χ2v) is 5.61. The Kier molecular flexibility index (Phi) is 3.61. The summed E-state index contributed by atoms with van der Waals surface area (Å²) in [5, 5.41) is 14.9. The molecular formula is C13H12N4O3S. The number of nitro groups is 1. The highest BCUT2D eigenvalue weighted by atomic mass is 32.2. The van der Waals surface area contributed by atoms with Crippen LogP contribution in [0, 0.1) is 10.1 Å². The zero-order valence-electron chi connectivity index (χ0n) is 11.0. The van der Waals surface area contributed by atoms with Gasteiger partial charge >= 0.3 is 0 Å². The van der Waals surface area contributed by atoms with Crippen LogP contribution in [0.15, 0.2) is 35.5 Å². The Bertz CT molecular complexity index is 753. The third-order valence-corrected chi connectivity index (χ3v) is 4.00. The molecule has 2 heterocycles. The molecule has 21 heavy (non-hydrogen) atoms. The Morgan fingerprint density at radius 3 is 3.05 bits per heavy atom. The predicted octanol–water partition coefficient (Wildman–Crippen LogP) is 1.77. The van der Waals surface area contributed by atoms with E-state index < -0.39 is 4.92 Å². The van der Waals surface area contributed by atoms with Gasteiger partial charge in [0.25, 0.3) is 5.69 Å². The highest BCUT2D eigenvalue weighted by molar-refractivity contribution is 8.14. The number of nitro benzene ring substituents is 1. The minimum Gasteiger partial charge on any atom is -0.338 e. The lowest BCUT2D eigenvalue weighted by molar-refractivity contribution is -0.384. The summed E-state index contributed by atoms with van der Waals surface area (Å²) in [7, 11) is 0. The van der Waals surface area contributed by atoms with Crippen molar-refractivity contribution < 1.29 is 9.72 Å². The number of carbonyl (C=O) groups is 1. The number of benzene rings is 1. The lowest BCUT2D eigenvalue weighted by Crippen LogP contribution is -2.30. The smallest absolute Gasteiger partial charge is 0.270 e. The maximum Gasteiger partial charge on any atom is 0.270 e. The van der Waals surface area contributed by atoms with Gasteiger partial charge in [0.15, 0.2) is 5.17 Å². The number of aliphatic imine (C=N–C) groups is 1. The largest absolute Gasteiger partial charge is 0.338 e. The Hall–Kier alpha value is -2.35. The van der Waals surface area contributed by atoms with Crippen molar-refractivity contribution in [1.82, 2.24) is 9.88 Å². The number of amides is 1. The average Bonchev–Trinajstić information content (AvgIpc) is 3.08. The molecule has 1 aromatic heterocycles. The first-order chi connectivity index (χ1) is 10.1. The van der Waals surface area contributed by atoms with Crippen LogP contribution >= 0.6 is 11.8 Å². The maximum absolute atomic E-state index is 12.0. The maximum atomic E-state index is 12.0. The first-order valence-corrected chi connectivity index (χ1v) is 7.32. The molecule has 0 fully saturated rings. The summed E-state index contributed by atoms with van der Waals surface area (Å²) in [6, 6.07) is 6.36. The van der Waals surface area contributed by atoms with Gasteiger partial charge in [-0.15, -0.1) is 0 Å². The molecule has 0 saturated heterocycles. The summed E-state index contributed by atoms with van der Waals surface area (Å²) in [4.78, 5) is 26.4. The molecule has 1 aliphatic rings. The van der Waals surface area contributed by atoms with Crippen LogP contribution in [0.1, 0.15) is 0 Å². The van der Waals surface area contributed by atoms with Gasteiger partial charge in [-0.05, 0) is 12.1 Å². The highest BCUT2D eigenvalue weighted by Gasteiger charge is 2.13. The topological polar surface area (TPSA) is 89.5 Å². The molecular weight excluding hydrogens is 292 g/mol. The number of nitrogens with one attached hydrogen (secondary N) is 1. The van der Waals surface area contributed by atoms with E-state index >= 15 is 0 Å². The third kappa shape index (κ3) is 2.89. The molecule has 0 atom stereocenters. The van der Waals surface area contributed by atoms with Gasteiger partial charge in [0.05, 0.1) is 11.5 Å². The van der Waals surface area contributed by atoms with E-state index in [1.807, 2.05) is 0 Å². The Morgan fingerprint density at radius 2 is 2.33 bits per heavy atom. The normalized spacial score (nSPS) is 14.2. The van der Waals surface area contributed by atoms with Crippen LogP contribution in [0.4, 0.5) is 5.69 Å². The lowest BCUT2D eigenvalue weighted by atomic mass is 10.2. The fourth-order valence-corrected chi connectivity index (χ4v) is 2.91. The number of nitrogens with zero attached hydrogens (tertiary/aromatic N) is 3. The number of rotatable bonds is 3. The van der Waals surface area contributed by atoms with Crippen molar-refractivity contribution in [3.05, 3.63) is 40.6 Å². The molecule has 2 aromatic rings. The molecule has 7 nitrogen and oxygen atoms in total. The Morgan fingerprint density at radius 1 is 1.48 bits per heavy atom. The number of carbonyl (C=O) groups excluding carboxylic acids is 1. The molecule has 3 rings (SSSR count). The number of hydrogen-bond donors (Lipinski definition) is 1. The molecule has 0 saturated carbocycles. The van der Waals surface area contributed by atoms with Crippen LogP contribution in [0.25, 0.3) is 10.9 Å². The van der Waals surface area contributed by atoms with Crippen LogP contribution in [-0.2, 0) is 11.3 Å². The predicted molar refractivity (Wildman–Crippen MR) is 81.5 cm³/mol. The molecule has 0 bridgehead atoms. The van der Waals surface area contributed by atoms with Crippen molar-refractivity contribution in [2.24, 2.45) is 4.99 Å². The van der Waals surface area contributed by atoms with E-state index in [9.17, 15) is 14.9 Å². The van der Waals surface area contributed by atoms with Crippen LogP contribution in [0.5, 0.6) is 0 Å². The van der Waals surface area contributed by atoms with E-state index in [-0.39, 0.29) is 18.1 Å². The van der Waals surface area contributed by atoms with E-state index in [0.29, 0.717) is 5.17 Å². The van der Waals surface area contributed by atoms with Crippen molar-refractivity contribution in [2.75, 3.05) is 12.3 Å². The fourth-order valence-electron chi connectivity index (χ4n) is 2.16. The second kappa shape index (κ2) is 5.57. The molecule has 1 N–H and O–H groups in total. The van der Waals surface area contributed by atoms with Crippen molar-refractivity contribution >= 4 is 39.4 Å². The summed E-state index contributed by atoms with van der Waals surface area (Å²) in [6.07, 6.45) is 1.75. The van der Waals surface area contributed by atoms with E-state index in [1.165, 1.54) is 23.9 Å². The van der Waals surface area contributed by atoms with Gasteiger partial charge in [-0.25, -0.2) is 0 Å². The van der Waals surface area contributed by atoms with Gasteiger partial charge in [0.2, 0.25) is 5.91 Å². The van der Waals surface area contributed by atoms with Crippen LogP contribution in [-0.4, -0.2) is 32.9 Å². The van der Waals surface area contributed by atoms with Gasteiger partial charge < -0.3 is 9.88 Å². The van der Waals surface area contributed by atoms with E-state index in [4.69, 9.17) is 0 Å². The number of thioether (sulfide) groups is 1. The molecule has 1 amide bonds. The van der Waals surface area contributed by atoms with E-state index in [2.05, 4.69) is 10.3 Å². The first-order valence-electron chi connectivity index (χ1n) is 6.34. The fraction of sp³-hybridized carbons (Fsp3) is 0.231. The molecule has 1 aromatic carbocycles. The molecule has 0 spiro atoms. The number of amidine groups is 1. The summed E-state index contributed by atoms with van der Waals surface area (Å²) in [5.41, 5.74) is 0.832. The zero-order valence-corrected chi connectivity index (χ0v) is 11.8. The first kappa shape index (κ1) is 13.6. The number of hydrogen-bond acceptors (Lipinski definition) is 5. The van der Waals surface area contributed by atoms with Crippen LogP contribution in [0.2, 0.25) is 0 Å². The molecule has 108 valence electrons. The molecule has 0 radical (unpaired) electrons. The Balaban J connectivity index is 1.77. The number of aromatic nitrogens is 1. The van der Waals surface area contributed by atoms with E-state index in [0.717, 1.165) is 23.2 Å². The van der Waals surface area contributed by atoms with Gasteiger partial charge in [0, 0.05) is 35.0 Å². The summed E-state index contributed by atoms with van der Waals surface area (Å²) in [6.45, 7) is 0.886. The minimum atomic E-state index is -0.432. The third-order valence-electron chi connectivity index (χ3n) is 3.11. The van der Waals surface area contributed by atoms with Crippen molar-refractivity contribution in [3.63, 3.8) is 0 Å². The molecule has 0 unspecified atom stereocenters. The lowest BCUT2D eigenvalue weighted by Gasteiger charge is -2.06. The van der Waals surface area contributed by atoms with Gasteiger partial charge in [-0.1, -0.05) is 11.8 Å². The standard InChI is InChI=1S/C13H12N4O3S/c18-12(15-13-14-4-6-21-13)8-16-5-3-9-7-10(17(19)20)1-2-11(9)16/h1-3,5,7H,4,6,8H2,(H,14,15,18). The quantitative estimate of drug-likeness (QED) is 0.691. The SMILES string of the molecule is O=C(Cn1ccc2cc([N+](=O)[O-])ccc21)NC1=NCCS1. The number of non-ortho nitro benzene ring substituents is 1. The van der Waals surface area contributed by atoms with Crippen molar-refractivity contribution in [3.8, 4) is 0 Å². The number of fused-ring (bicyclic) bond motifs is 1. The molecule has 0 aliphatic carbocycles. The zero-order chi connectivity index (χ0) is 14.8. The van der Waals surface area contributed by atoms with Crippen molar-refractivity contribution in [2.45, 2.75) is 6.54 Å². The van der Waals surface area contributed by atoms with Crippen LogP contribution < -0.4 is 5.32 Å².